The number of hydrogen-bond acceptors (Lipinski definition) is 3. The maximum absolute atomic E-state index is 12.5. The fourth-order valence-electron chi connectivity index (χ4n) is 3.30. The zero-order valence-electron chi connectivity index (χ0n) is 15.5. The predicted molar refractivity (Wildman–Crippen MR) is 106 cm³/mol. The molecule has 0 aliphatic heterocycles. The van der Waals surface area contributed by atoms with Gasteiger partial charge in [-0.1, -0.05) is 42.0 Å². The number of imidazole rings is 2. The first-order chi connectivity index (χ1) is 13.2. The van der Waals surface area contributed by atoms with Crippen LogP contribution in [0.15, 0.2) is 48.5 Å². The van der Waals surface area contributed by atoms with Crippen LogP contribution in [-0.4, -0.2) is 40.5 Å². The molecule has 0 bridgehead atoms. The van der Waals surface area contributed by atoms with Crippen molar-refractivity contribution in [3.63, 3.8) is 0 Å². The lowest BCUT2D eigenvalue weighted by molar-refractivity contribution is -0.120. The van der Waals surface area contributed by atoms with Crippen molar-refractivity contribution in [2.45, 2.75) is 13.3 Å². The Hall–Kier alpha value is -3.12. The van der Waals surface area contributed by atoms with Gasteiger partial charge in [0.05, 0.1) is 35.4 Å². The van der Waals surface area contributed by atoms with E-state index in [1.165, 1.54) is 5.56 Å². The molecule has 6 heteroatoms. The maximum atomic E-state index is 12.5. The average molecular weight is 362 g/mol. The zero-order valence-corrected chi connectivity index (χ0v) is 15.5. The van der Waals surface area contributed by atoms with E-state index in [9.17, 15) is 4.79 Å². The van der Waals surface area contributed by atoms with Gasteiger partial charge >= 0.3 is 0 Å². The highest BCUT2D eigenvalue weighted by atomic mass is 16.5. The number of nitrogens with one attached hydrogen (secondary N) is 2. The van der Waals surface area contributed by atoms with E-state index in [0.717, 1.165) is 33.8 Å². The minimum Gasteiger partial charge on any atom is -0.383 e. The standard InChI is InChI=1S/C21H22N4O2/c1-14-7-9-15(10-8-14)20-18(13-19(26)22-11-12-27-2)25-17-6-4-3-5-16(17)23-21(25)24-20/h3-10H,11-13H2,1-2H3,(H,22,26)(H,23,24). The van der Waals surface area contributed by atoms with Crippen LogP contribution in [0.2, 0.25) is 0 Å². The number of aromatic amines is 1. The second-order valence-electron chi connectivity index (χ2n) is 6.59. The number of aromatic nitrogens is 3. The molecule has 0 atom stereocenters. The highest BCUT2D eigenvalue weighted by molar-refractivity contribution is 5.86. The fourth-order valence-corrected chi connectivity index (χ4v) is 3.30. The summed E-state index contributed by atoms with van der Waals surface area (Å²) in [4.78, 5) is 20.7. The number of carbonyl (C=O) groups excluding carboxylic acids is 1. The molecule has 1 amide bonds. The molecule has 138 valence electrons. The van der Waals surface area contributed by atoms with Crippen molar-refractivity contribution in [2.24, 2.45) is 0 Å². The Balaban J connectivity index is 1.81. The van der Waals surface area contributed by atoms with Crippen molar-refractivity contribution >= 4 is 22.7 Å². The maximum Gasteiger partial charge on any atom is 0.226 e. The van der Waals surface area contributed by atoms with Crippen LogP contribution in [0.1, 0.15) is 11.3 Å². The average Bonchev–Trinajstić information content (AvgIpc) is 3.19. The first-order valence-electron chi connectivity index (χ1n) is 8.98. The number of carbonyl (C=O) groups is 1. The lowest BCUT2D eigenvalue weighted by Gasteiger charge is -2.07. The molecule has 0 unspecified atom stereocenters. The molecule has 0 spiro atoms. The van der Waals surface area contributed by atoms with Crippen molar-refractivity contribution in [1.29, 1.82) is 0 Å². The van der Waals surface area contributed by atoms with Gasteiger partial charge in [0, 0.05) is 19.2 Å². The number of fused-ring (bicyclic) bond motifs is 3. The molecule has 0 aliphatic carbocycles. The van der Waals surface area contributed by atoms with Crippen LogP contribution in [0.3, 0.4) is 0 Å². The Labute approximate surface area is 157 Å². The highest BCUT2D eigenvalue weighted by Crippen LogP contribution is 2.28. The third-order valence-electron chi connectivity index (χ3n) is 4.65. The summed E-state index contributed by atoms with van der Waals surface area (Å²) < 4.78 is 7.05. The number of rotatable bonds is 6. The van der Waals surface area contributed by atoms with Gasteiger partial charge in [0.25, 0.3) is 0 Å². The van der Waals surface area contributed by atoms with Crippen LogP contribution in [0.5, 0.6) is 0 Å². The van der Waals surface area contributed by atoms with Crippen molar-refractivity contribution in [3.8, 4) is 11.3 Å². The van der Waals surface area contributed by atoms with Crippen molar-refractivity contribution in [2.75, 3.05) is 20.3 Å². The first-order valence-corrected chi connectivity index (χ1v) is 8.98. The van der Waals surface area contributed by atoms with Gasteiger partial charge in [0.1, 0.15) is 0 Å². The third-order valence-corrected chi connectivity index (χ3v) is 4.65. The monoisotopic (exact) mass is 362 g/mol. The number of hydrogen-bond donors (Lipinski definition) is 2. The molecule has 0 saturated heterocycles. The number of amides is 1. The van der Waals surface area contributed by atoms with E-state index in [-0.39, 0.29) is 12.3 Å². The van der Waals surface area contributed by atoms with Crippen LogP contribution in [0, 0.1) is 6.92 Å². The van der Waals surface area contributed by atoms with Crippen LogP contribution in [-0.2, 0) is 16.0 Å². The topological polar surface area (TPSA) is 71.4 Å². The lowest BCUT2D eigenvalue weighted by atomic mass is 10.1. The number of ether oxygens (including phenoxy) is 1. The van der Waals surface area contributed by atoms with E-state index in [2.05, 4.69) is 29.4 Å². The number of nitrogens with zero attached hydrogens (tertiary/aromatic N) is 2. The summed E-state index contributed by atoms with van der Waals surface area (Å²) in [7, 11) is 1.62. The summed E-state index contributed by atoms with van der Waals surface area (Å²) in [6, 6.07) is 16.2. The van der Waals surface area contributed by atoms with Gasteiger partial charge in [0.15, 0.2) is 0 Å². The number of methoxy groups -OCH3 is 1. The Morgan fingerprint density at radius 2 is 1.96 bits per heavy atom. The molecule has 0 fully saturated rings. The number of para-hydroxylation sites is 2. The highest BCUT2D eigenvalue weighted by Gasteiger charge is 2.20. The van der Waals surface area contributed by atoms with E-state index in [1.807, 2.05) is 40.8 Å². The van der Waals surface area contributed by atoms with Crippen LogP contribution in [0.25, 0.3) is 28.1 Å². The summed E-state index contributed by atoms with van der Waals surface area (Å²) in [5.74, 6) is 0.693. The lowest BCUT2D eigenvalue weighted by Crippen LogP contribution is -2.28. The normalized spacial score (nSPS) is 11.3. The molecule has 0 saturated carbocycles. The summed E-state index contributed by atoms with van der Waals surface area (Å²) in [6.07, 6.45) is 0.246. The van der Waals surface area contributed by atoms with Gasteiger partial charge in [-0.25, -0.2) is 4.98 Å². The smallest absolute Gasteiger partial charge is 0.226 e. The van der Waals surface area contributed by atoms with Gasteiger partial charge in [-0.2, -0.15) is 0 Å². The third kappa shape index (κ3) is 3.31. The van der Waals surface area contributed by atoms with Crippen LogP contribution < -0.4 is 5.32 Å². The molecule has 0 radical (unpaired) electrons. The SMILES string of the molecule is COCCNC(=O)Cc1c(-c2ccc(C)cc2)nc2[nH]c3ccccc3n12. The molecular formula is C21H22N4O2. The van der Waals surface area contributed by atoms with E-state index < -0.39 is 0 Å². The summed E-state index contributed by atoms with van der Waals surface area (Å²) in [6.45, 7) is 3.04. The summed E-state index contributed by atoms with van der Waals surface area (Å²) in [5.41, 5.74) is 5.90. The minimum absolute atomic E-state index is 0.0486. The molecule has 27 heavy (non-hydrogen) atoms. The molecule has 2 heterocycles. The van der Waals surface area contributed by atoms with Crippen LogP contribution >= 0.6 is 0 Å². The number of benzene rings is 2. The Bertz CT molecular complexity index is 1090. The molecule has 6 nitrogen and oxygen atoms in total. The molecule has 0 aliphatic rings. The fraction of sp³-hybridized carbons (Fsp3) is 0.238. The Morgan fingerprint density at radius 3 is 2.74 bits per heavy atom. The van der Waals surface area contributed by atoms with Crippen molar-refractivity contribution in [3.05, 3.63) is 59.8 Å². The van der Waals surface area contributed by atoms with E-state index in [1.54, 1.807) is 7.11 Å². The molecule has 2 N–H and O–H groups in total. The zero-order chi connectivity index (χ0) is 18.8. The number of H-pyrrole nitrogens is 1. The molecular weight excluding hydrogens is 340 g/mol. The predicted octanol–water partition coefficient (Wildman–Crippen LogP) is 3.10. The molecule has 2 aromatic heterocycles. The molecule has 4 aromatic rings. The van der Waals surface area contributed by atoms with Crippen molar-refractivity contribution < 1.29 is 9.53 Å². The van der Waals surface area contributed by atoms with Gasteiger partial charge in [-0.05, 0) is 19.1 Å². The Morgan fingerprint density at radius 1 is 1.19 bits per heavy atom. The minimum atomic E-state index is -0.0486. The van der Waals surface area contributed by atoms with Gasteiger partial charge in [0.2, 0.25) is 11.7 Å². The summed E-state index contributed by atoms with van der Waals surface area (Å²) in [5, 5.41) is 2.90. The largest absolute Gasteiger partial charge is 0.383 e. The quantitative estimate of drug-likeness (QED) is 0.518. The van der Waals surface area contributed by atoms with Gasteiger partial charge in [-0.3, -0.25) is 9.20 Å². The first kappa shape index (κ1) is 17.3. The van der Waals surface area contributed by atoms with Gasteiger partial charge < -0.3 is 15.0 Å². The van der Waals surface area contributed by atoms with Gasteiger partial charge in [-0.15, -0.1) is 0 Å². The number of aryl methyl sites for hydroxylation is 1. The molecule has 4 rings (SSSR count). The second-order valence-corrected chi connectivity index (χ2v) is 6.59. The van der Waals surface area contributed by atoms with E-state index in [4.69, 9.17) is 9.72 Å². The van der Waals surface area contributed by atoms with Crippen molar-refractivity contribution in [1.82, 2.24) is 19.7 Å². The summed E-state index contributed by atoms with van der Waals surface area (Å²) >= 11 is 0. The molecule has 2 aromatic carbocycles. The second kappa shape index (κ2) is 7.25. The van der Waals surface area contributed by atoms with E-state index in [0.29, 0.717) is 13.2 Å². The van der Waals surface area contributed by atoms with Crippen LogP contribution in [0.4, 0.5) is 0 Å². The Kier molecular flexibility index (Phi) is 4.64. The van der Waals surface area contributed by atoms with E-state index >= 15 is 0 Å².